The Morgan fingerprint density at radius 2 is 2.36 bits per heavy atom. The van der Waals surface area contributed by atoms with E-state index in [0.717, 1.165) is 11.4 Å². The Bertz CT molecular complexity index is 275. The maximum atomic E-state index is 13.3. The third-order valence-electron chi connectivity index (χ3n) is 1.73. The third kappa shape index (κ3) is 3.32. The fraction of sp³-hybridized carbons (Fsp3) is 0.667. The fourth-order valence-corrected chi connectivity index (χ4v) is 2.17. The monoisotopic (exact) mass is 217 g/mol. The summed E-state index contributed by atoms with van der Waals surface area (Å²) in [6.45, 7) is 1.18. The molecule has 5 heteroatoms. The number of nitrogens with two attached hydrogens (primary N) is 1. The van der Waals surface area contributed by atoms with E-state index in [-0.39, 0.29) is 0 Å². The smallest absolute Gasteiger partial charge is 0.153 e. The molecule has 1 aromatic rings. The molecule has 0 aliphatic carbocycles. The first kappa shape index (κ1) is 11.6. The van der Waals surface area contributed by atoms with Crippen LogP contribution in [0.25, 0.3) is 0 Å². The van der Waals surface area contributed by atoms with Crippen molar-refractivity contribution in [3.8, 4) is 0 Å². The van der Waals surface area contributed by atoms with Crippen molar-refractivity contribution in [1.82, 2.24) is 9.88 Å². The molecule has 3 nitrogen and oxygen atoms in total. The third-order valence-corrected chi connectivity index (χ3v) is 2.80. The van der Waals surface area contributed by atoms with Crippen LogP contribution in [-0.4, -0.2) is 30.5 Å². The molecule has 1 aromatic heterocycles. The molecule has 0 aliphatic heterocycles. The van der Waals surface area contributed by atoms with Crippen LogP contribution >= 0.6 is 11.3 Å². The summed E-state index contributed by atoms with van der Waals surface area (Å²) < 4.78 is 13.3. The molecule has 1 heterocycles. The molecular formula is C9H16FN3S. The molecule has 14 heavy (non-hydrogen) atoms. The maximum Gasteiger partial charge on any atom is 0.153 e. The summed E-state index contributed by atoms with van der Waals surface area (Å²) in [6.07, 6.45) is 1.10. The second-order valence-electron chi connectivity index (χ2n) is 3.45. The van der Waals surface area contributed by atoms with Crippen LogP contribution in [0.4, 0.5) is 4.39 Å². The maximum absolute atomic E-state index is 13.3. The van der Waals surface area contributed by atoms with Gasteiger partial charge in [-0.25, -0.2) is 9.37 Å². The minimum atomic E-state index is -0.999. The molecule has 1 rings (SSSR count). The Balaban J connectivity index is 2.58. The molecule has 0 radical (unpaired) electrons. The molecule has 0 saturated carbocycles. The Labute approximate surface area is 87.7 Å². The van der Waals surface area contributed by atoms with E-state index in [1.807, 2.05) is 19.0 Å². The number of nitrogens with zero attached hydrogens (tertiary/aromatic N) is 2. The molecule has 80 valence electrons. The van der Waals surface area contributed by atoms with Crippen molar-refractivity contribution >= 4 is 11.3 Å². The first-order chi connectivity index (χ1) is 6.63. The van der Waals surface area contributed by atoms with Crippen LogP contribution < -0.4 is 5.73 Å². The summed E-state index contributed by atoms with van der Waals surface area (Å²) in [7, 11) is 3.96. The number of thiazole rings is 1. The average Bonchev–Trinajstić information content (AvgIpc) is 2.52. The topological polar surface area (TPSA) is 42.2 Å². The van der Waals surface area contributed by atoms with Crippen molar-refractivity contribution in [3.63, 3.8) is 0 Å². The van der Waals surface area contributed by atoms with Gasteiger partial charge in [0.25, 0.3) is 0 Å². The Morgan fingerprint density at radius 1 is 1.64 bits per heavy atom. The molecule has 1 atom stereocenters. The minimum absolute atomic E-state index is 0.356. The zero-order chi connectivity index (χ0) is 10.6. The fourth-order valence-electron chi connectivity index (χ4n) is 1.12. The Hall–Kier alpha value is -0.520. The lowest BCUT2D eigenvalue weighted by Crippen LogP contribution is -2.09. The molecule has 0 spiro atoms. The average molecular weight is 217 g/mol. The largest absolute Gasteiger partial charge is 0.330 e. The van der Waals surface area contributed by atoms with Gasteiger partial charge in [0.1, 0.15) is 5.01 Å². The van der Waals surface area contributed by atoms with Crippen molar-refractivity contribution in [2.24, 2.45) is 5.73 Å². The van der Waals surface area contributed by atoms with Gasteiger partial charge in [0, 0.05) is 17.6 Å². The predicted molar refractivity (Wildman–Crippen MR) is 57.0 cm³/mol. The molecule has 1 unspecified atom stereocenters. The highest BCUT2D eigenvalue weighted by Gasteiger charge is 2.13. The number of halogens is 1. The van der Waals surface area contributed by atoms with Crippen molar-refractivity contribution in [1.29, 1.82) is 0 Å². The highest BCUT2D eigenvalue weighted by Crippen LogP contribution is 2.25. The van der Waals surface area contributed by atoms with Gasteiger partial charge in [-0.2, -0.15) is 0 Å². The zero-order valence-electron chi connectivity index (χ0n) is 8.53. The van der Waals surface area contributed by atoms with Crippen LogP contribution in [0, 0.1) is 0 Å². The summed E-state index contributed by atoms with van der Waals surface area (Å²) in [5.74, 6) is 0. The SMILES string of the molecule is CN(C)Cc1cnc(C(F)CCN)s1. The lowest BCUT2D eigenvalue weighted by atomic mass is 10.3. The highest BCUT2D eigenvalue weighted by molar-refractivity contribution is 7.11. The summed E-state index contributed by atoms with van der Waals surface area (Å²) in [6, 6.07) is 0. The van der Waals surface area contributed by atoms with Gasteiger partial charge in [-0.15, -0.1) is 11.3 Å². The molecule has 0 saturated heterocycles. The predicted octanol–water partition coefficient (Wildman–Crippen LogP) is 1.56. The summed E-state index contributed by atoms with van der Waals surface area (Å²) in [5.41, 5.74) is 5.28. The van der Waals surface area contributed by atoms with E-state index in [2.05, 4.69) is 4.98 Å². The van der Waals surface area contributed by atoms with Crippen molar-refractivity contribution in [3.05, 3.63) is 16.1 Å². The van der Waals surface area contributed by atoms with E-state index in [1.165, 1.54) is 11.3 Å². The van der Waals surface area contributed by atoms with E-state index < -0.39 is 6.17 Å². The lowest BCUT2D eigenvalue weighted by Gasteiger charge is -2.05. The van der Waals surface area contributed by atoms with Gasteiger partial charge in [-0.3, -0.25) is 0 Å². The van der Waals surface area contributed by atoms with Gasteiger partial charge in [0.2, 0.25) is 0 Å². The lowest BCUT2D eigenvalue weighted by molar-refractivity contribution is 0.326. The number of aromatic nitrogens is 1. The van der Waals surface area contributed by atoms with E-state index in [9.17, 15) is 4.39 Å². The minimum Gasteiger partial charge on any atom is -0.330 e. The number of hydrogen-bond acceptors (Lipinski definition) is 4. The zero-order valence-corrected chi connectivity index (χ0v) is 9.35. The van der Waals surface area contributed by atoms with Crippen molar-refractivity contribution in [2.45, 2.75) is 19.1 Å². The van der Waals surface area contributed by atoms with E-state index in [0.29, 0.717) is 18.0 Å². The van der Waals surface area contributed by atoms with Crippen LogP contribution in [0.2, 0.25) is 0 Å². The van der Waals surface area contributed by atoms with Gasteiger partial charge in [-0.05, 0) is 27.1 Å². The molecule has 0 aliphatic rings. The molecule has 0 fully saturated rings. The molecule has 0 amide bonds. The quantitative estimate of drug-likeness (QED) is 0.814. The van der Waals surface area contributed by atoms with Gasteiger partial charge in [0.05, 0.1) is 0 Å². The first-order valence-electron chi connectivity index (χ1n) is 4.57. The molecule has 2 N–H and O–H groups in total. The molecule has 0 bridgehead atoms. The summed E-state index contributed by atoms with van der Waals surface area (Å²) >= 11 is 1.43. The highest BCUT2D eigenvalue weighted by atomic mass is 32.1. The Kier molecular flexibility index (Phi) is 4.44. The van der Waals surface area contributed by atoms with Crippen molar-refractivity contribution in [2.75, 3.05) is 20.6 Å². The summed E-state index contributed by atoms with van der Waals surface area (Å²) in [5, 5.41) is 0.548. The van der Waals surface area contributed by atoms with E-state index >= 15 is 0 Å². The van der Waals surface area contributed by atoms with Crippen molar-refractivity contribution < 1.29 is 4.39 Å². The van der Waals surface area contributed by atoms with Crippen LogP contribution in [0.15, 0.2) is 6.20 Å². The second kappa shape index (κ2) is 5.38. The van der Waals surface area contributed by atoms with E-state index in [4.69, 9.17) is 5.73 Å². The second-order valence-corrected chi connectivity index (χ2v) is 4.59. The number of alkyl halides is 1. The number of hydrogen-bond donors (Lipinski definition) is 1. The number of rotatable bonds is 5. The van der Waals surface area contributed by atoms with Crippen LogP contribution in [-0.2, 0) is 6.54 Å². The van der Waals surface area contributed by atoms with E-state index in [1.54, 1.807) is 6.20 Å². The van der Waals surface area contributed by atoms with Crippen LogP contribution in [0.3, 0.4) is 0 Å². The normalized spacial score (nSPS) is 13.5. The van der Waals surface area contributed by atoms with Crippen LogP contribution in [0.5, 0.6) is 0 Å². The standard InChI is InChI=1S/C9H16FN3S/c1-13(2)6-7-5-12-9(14-7)8(10)3-4-11/h5,8H,3-4,6,11H2,1-2H3. The van der Waals surface area contributed by atoms with Gasteiger partial charge < -0.3 is 10.6 Å². The first-order valence-corrected chi connectivity index (χ1v) is 5.38. The van der Waals surface area contributed by atoms with Gasteiger partial charge >= 0.3 is 0 Å². The molecule has 0 aromatic carbocycles. The van der Waals surface area contributed by atoms with Crippen LogP contribution in [0.1, 0.15) is 22.5 Å². The Morgan fingerprint density at radius 3 is 2.93 bits per heavy atom. The van der Waals surface area contributed by atoms with Gasteiger partial charge in [-0.1, -0.05) is 0 Å². The molecular weight excluding hydrogens is 201 g/mol. The summed E-state index contributed by atoms with van der Waals surface area (Å²) in [4.78, 5) is 7.17. The van der Waals surface area contributed by atoms with Gasteiger partial charge in [0.15, 0.2) is 6.17 Å².